The molecule has 0 unspecified atom stereocenters. The number of aryl methyl sites for hydroxylation is 1. The number of aromatic amines is 1. The van der Waals surface area contributed by atoms with Gasteiger partial charge in [0, 0.05) is 25.5 Å². The summed E-state index contributed by atoms with van der Waals surface area (Å²) in [5.74, 6) is 1.13. The average molecular weight is 297 g/mol. The fraction of sp³-hybridized carbons (Fsp3) is 0.733. The maximum absolute atomic E-state index is 11.7. The highest BCUT2D eigenvalue weighted by Gasteiger charge is 2.17. The molecule has 0 bridgehead atoms. The Morgan fingerprint density at radius 2 is 2.10 bits per heavy atom. The summed E-state index contributed by atoms with van der Waals surface area (Å²) < 4.78 is 4.90. The summed E-state index contributed by atoms with van der Waals surface area (Å²) >= 11 is 0. The van der Waals surface area contributed by atoms with Crippen LogP contribution in [-0.2, 0) is 11.2 Å². The number of nitrogens with zero attached hydrogens (tertiary/aromatic N) is 1. The smallest absolute Gasteiger partial charge is 0.280 e. The number of piperidine rings is 1. The van der Waals surface area contributed by atoms with Crippen LogP contribution in [0.15, 0.2) is 15.4 Å². The number of rotatable bonds is 5. The molecule has 0 spiro atoms. The molecule has 120 valence electrons. The third-order valence-electron chi connectivity index (χ3n) is 3.60. The SMILES string of the molecule is CC.CN1CCC(CNC(=O)CCc2cc(=O)[nH]o2)CC1. The van der Waals surface area contributed by atoms with E-state index in [9.17, 15) is 9.59 Å². The van der Waals surface area contributed by atoms with Gasteiger partial charge < -0.3 is 14.7 Å². The second kappa shape index (κ2) is 9.39. The predicted octanol–water partition coefficient (Wildman–Crippen LogP) is 1.38. The van der Waals surface area contributed by atoms with Crippen molar-refractivity contribution in [2.24, 2.45) is 5.92 Å². The van der Waals surface area contributed by atoms with Gasteiger partial charge in [-0.1, -0.05) is 13.8 Å². The average Bonchev–Trinajstić information content (AvgIpc) is 2.92. The molecule has 0 atom stereocenters. The molecule has 1 aromatic heterocycles. The number of aromatic nitrogens is 1. The van der Waals surface area contributed by atoms with E-state index in [1.54, 1.807) is 0 Å². The molecule has 1 fully saturated rings. The second-order valence-electron chi connectivity index (χ2n) is 5.23. The van der Waals surface area contributed by atoms with Crippen molar-refractivity contribution in [3.8, 4) is 0 Å². The fourth-order valence-corrected chi connectivity index (χ4v) is 2.29. The molecule has 0 radical (unpaired) electrons. The quantitative estimate of drug-likeness (QED) is 0.861. The van der Waals surface area contributed by atoms with Gasteiger partial charge in [-0.2, -0.15) is 5.16 Å². The third-order valence-corrected chi connectivity index (χ3v) is 3.60. The maximum Gasteiger partial charge on any atom is 0.280 e. The zero-order valence-electron chi connectivity index (χ0n) is 13.3. The Labute approximate surface area is 125 Å². The van der Waals surface area contributed by atoms with Crippen molar-refractivity contribution >= 4 is 5.91 Å². The normalized spacial score (nSPS) is 16.1. The first-order valence-corrected chi connectivity index (χ1v) is 7.76. The molecule has 2 heterocycles. The van der Waals surface area contributed by atoms with Gasteiger partial charge in [0.15, 0.2) is 0 Å². The zero-order valence-corrected chi connectivity index (χ0v) is 13.3. The molecule has 2 N–H and O–H groups in total. The van der Waals surface area contributed by atoms with Crippen LogP contribution < -0.4 is 10.9 Å². The Hall–Kier alpha value is -1.56. The van der Waals surface area contributed by atoms with Crippen LogP contribution in [0.4, 0.5) is 0 Å². The molecule has 1 saturated heterocycles. The number of H-pyrrole nitrogens is 1. The summed E-state index contributed by atoms with van der Waals surface area (Å²) in [4.78, 5) is 24.8. The van der Waals surface area contributed by atoms with Crippen molar-refractivity contribution in [1.82, 2.24) is 15.4 Å². The maximum atomic E-state index is 11.7. The molecule has 0 aliphatic carbocycles. The van der Waals surface area contributed by atoms with Crippen molar-refractivity contribution in [2.75, 3.05) is 26.7 Å². The Morgan fingerprint density at radius 1 is 1.43 bits per heavy atom. The number of amides is 1. The number of carbonyl (C=O) groups excluding carboxylic acids is 1. The van der Waals surface area contributed by atoms with E-state index in [2.05, 4.69) is 22.4 Å². The monoisotopic (exact) mass is 297 g/mol. The Kier molecular flexibility index (Phi) is 7.82. The van der Waals surface area contributed by atoms with Crippen molar-refractivity contribution in [3.63, 3.8) is 0 Å². The van der Waals surface area contributed by atoms with E-state index in [1.807, 2.05) is 13.8 Å². The predicted molar refractivity (Wildman–Crippen MR) is 82.2 cm³/mol. The van der Waals surface area contributed by atoms with Crippen LogP contribution in [0.3, 0.4) is 0 Å². The first-order valence-electron chi connectivity index (χ1n) is 7.76. The molecule has 1 aliphatic rings. The first-order chi connectivity index (χ1) is 10.1. The van der Waals surface area contributed by atoms with E-state index in [1.165, 1.54) is 6.07 Å². The van der Waals surface area contributed by atoms with Gasteiger partial charge in [-0.3, -0.25) is 9.59 Å². The summed E-state index contributed by atoms with van der Waals surface area (Å²) in [6.45, 7) is 6.97. The van der Waals surface area contributed by atoms with Gasteiger partial charge in [0.05, 0.1) is 0 Å². The minimum atomic E-state index is -0.262. The van der Waals surface area contributed by atoms with Crippen LogP contribution in [0.5, 0.6) is 0 Å². The summed E-state index contributed by atoms with van der Waals surface area (Å²) in [7, 11) is 2.12. The van der Waals surface area contributed by atoms with E-state index in [4.69, 9.17) is 4.52 Å². The van der Waals surface area contributed by atoms with E-state index in [0.29, 0.717) is 24.5 Å². The lowest BCUT2D eigenvalue weighted by Gasteiger charge is -2.28. The standard InChI is InChI=1S/C13H21N3O3.C2H6/c1-16-6-4-10(5-7-16)9-14-12(17)3-2-11-8-13(18)15-19-11;1-2/h8,10H,2-7,9H2,1H3,(H,14,17)(H,15,18);1-2H3. The Bertz CT molecular complexity index is 459. The molecule has 1 aliphatic heterocycles. The minimum absolute atomic E-state index is 0.0165. The summed E-state index contributed by atoms with van der Waals surface area (Å²) in [5.41, 5.74) is -0.262. The van der Waals surface area contributed by atoms with Gasteiger partial charge >= 0.3 is 0 Å². The van der Waals surface area contributed by atoms with Crippen LogP contribution in [0.2, 0.25) is 0 Å². The van der Waals surface area contributed by atoms with E-state index in [-0.39, 0.29) is 11.5 Å². The third kappa shape index (κ3) is 6.62. The molecule has 2 rings (SSSR count). The Balaban J connectivity index is 0.00000106. The van der Waals surface area contributed by atoms with Crippen LogP contribution in [0.1, 0.15) is 38.9 Å². The van der Waals surface area contributed by atoms with E-state index < -0.39 is 0 Å². The van der Waals surface area contributed by atoms with Crippen molar-refractivity contribution < 1.29 is 9.32 Å². The number of carbonyl (C=O) groups is 1. The molecule has 6 nitrogen and oxygen atoms in total. The highest BCUT2D eigenvalue weighted by molar-refractivity contribution is 5.76. The van der Waals surface area contributed by atoms with Crippen LogP contribution in [0.25, 0.3) is 0 Å². The molecule has 21 heavy (non-hydrogen) atoms. The number of nitrogens with one attached hydrogen (secondary N) is 2. The molecular weight excluding hydrogens is 270 g/mol. The lowest BCUT2D eigenvalue weighted by Crippen LogP contribution is -2.36. The highest BCUT2D eigenvalue weighted by atomic mass is 16.5. The molecule has 0 saturated carbocycles. The van der Waals surface area contributed by atoms with Gasteiger partial charge in [-0.15, -0.1) is 0 Å². The van der Waals surface area contributed by atoms with E-state index >= 15 is 0 Å². The molecule has 6 heteroatoms. The lowest BCUT2D eigenvalue weighted by molar-refractivity contribution is -0.121. The highest BCUT2D eigenvalue weighted by Crippen LogP contribution is 2.14. The van der Waals surface area contributed by atoms with Crippen molar-refractivity contribution in [2.45, 2.75) is 39.5 Å². The van der Waals surface area contributed by atoms with E-state index in [0.717, 1.165) is 32.5 Å². The first kappa shape index (κ1) is 17.5. The summed E-state index contributed by atoms with van der Waals surface area (Å²) in [6, 6.07) is 1.38. The van der Waals surface area contributed by atoms with Gasteiger partial charge in [0.25, 0.3) is 5.56 Å². The summed E-state index contributed by atoms with van der Waals surface area (Å²) in [6.07, 6.45) is 3.10. The molecule has 1 amide bonds. The van der Waals surface area contributed by atoms with Gasteiger partial charge in [0.1, 0.15) is 5.76 Å². The lowest BCUT2D eigenvalue weighted by atomic mass is 9.97. The van der Waals surface area contributed by atoms with Crippen LogP contribution >= 0.6 is 0 Å². The zero-order chi connectivity index (χ0) is 15.7. The van der Waals surface area contributed by atoms with Crippen molar-refractivity contribution in [3.05, 3.63) is 22.2 Å². The second-order valence-corrected chi connectivity index (χ2v) is 5.23. The topological polar surface area (TPSA) is 78.3 Å². The molecular formula is C15H27N3O3. The van der Waals surface area contributed by atoms with Gasteiger partial charge in [-0.05, 0) is 38.9 Å². The minimum Gasteiger partial charge on any atom is -0.384 e. The largest absolute Gasteiger partial charge is 0.384 e. The molecule has 0 aromatic carbocycles. The molecule has 1 aromatic rings. The van der Waals surface area contributed by atoms with Gasteiger partial charge in [-0.25, -0.2) is 0 Å². The number of hydrogen-bond donors (Lipinski definition) is 2. The summed E-state index contributed by atoms with van der Waals surface area (Å²) in [5, 5.41) is 5.17. The van der Waals surface area contributed by atoms with Crippen LogP contribution in [-0.4, -0.2) is 42.6 Å². The number of hydrogen-bond acceptors (Lipinski definition) is 4. The Morgan fingerprint density at radius 3 is 2.67 bits per heavy atom. The van der Waals surface area contributed by atoms with Gasteiger partial charge in [0.2, 0.25) is 5.91 Å². The van der Waals surface area contributed by atoms with Crippen LogP contribution in [0, 0.1) is 5.92 Å². The fourth-order valence-electron chi connectivity index (χ4n) is 2.29. The number of likely N-dealkylation sites (tertiary alicyclic amines) is 1. The van der Waals surface area contributed by atoms with Crippen molar-refractivity contribution in [1.29, 1.82) is 0 Å².